The molecule has 2 aromatic heterocycles. The van der Waals surface area contributed by atoms with Crippen molar-refractivity contribution in [1.82, 2.24) is 9.88 Å². The number of para-hydroxylation sites is 1. The Labute approximate surface area is 173 Å². The molecule has 3 heterocycles. The summed E-state index contributed by atoms with van der Waals surface area (Å²) in [6.07, 6.45) is 4.95. The SMILES string of the molecule is O=C(c1cc2ccccc2o1)N1CCCC[C@@H]1c1ncc(Cc2ccc(F)cc2)o1. The molecule has 0 saturated carbocycles. The summed E-state index contributed by atoms with van der Waals surface area (Å²) in [4.78, 5) is 19.5. The summed E-state index contributed by atoms with van der Waals surface area (Å²) in [6.45, 7) is 0.635. The molecule has 0 radical (unpaired) electrons. The first-order chi connectivity index (χ1) is 14.7. The third-order valence-electron chi connectivity index (χ3n) is 5.55. The first-order valence-electron chi connectivity index (χ1n) is 10.2. The first kappa shape index (κ1) is 18.6. The van der Waals surface area contributed by atoms with Crippen molar-refractivity contribution in [2.45, 2.75) is 31.7 Å². The predicted molar refractivity (Wildman–Crippen MR) is 110 cm³/mol. The number of amides is 1. The van der Waals surface area contributed by atoms with Crippen molar-refractivity contribution in [1.29, 1.82) is 0 Å². The van der Waals surface area contributed by atoms with Crippen molar-refractivity contribution in [2.75, 3.05) is 6.54 Å². The summed E-state index contributed by atoms with van der Waals surface area (Å²) in [5.74, 6) is 1.16. The molecule has 5 rings (SSSR count). The van der Waals surface area contributed by atoms with Crippen molar-refractivity contribution >= 4 is 16.9 Å². The summed E-state index contributed by atoms with van der Waals surface area (Å²) in [5, 5.41) is 0.909. The number of benzene rings is 2. The number of fused-ring (bicyclic) bond motifs is 1. The first-order valence-corrected chi connectivity index (χ1v) is 10.2. The van der Waals surface area contributed by atoms with Gasteiger partial charge >= 0.3 is 0 Å². The lowest BCUT2D eigenvalue weighted by Crippen LogP contribution is -2.38. The third kappa shape index (κ3) is 3.61. The van der Waals surface area contributed by atoms with Gasteiger partial charge in [0.2, 0.25) is 5.89 Å². The Morgan fingerprint density at radius 2 is 1.93 bits per heavy atom. The standard InChI is InChI=1S/C24H21FN2O3/c25-18-10-8-16(9-11-18)13-19-15-26-23(29-19)20-6-3-4-12-27(20)24(28)22-14-17-5-1-2-7-21(17)30-22/h1-2,5,7-11,14-15,20H,3-4,6,12-13H2/t20-/m1/s1. The maximum Gasteiger partial charge on any atom is 0.290 e. The second-order valence-electron chi connectivity index (χ2n) is 7.63. The number of furan rings is 1. The molecule has 1 fully saturated rings. The molecule has 4 aromatic rings. The summed E-state index contributed by atoms with van der Waals surface area (Å²) >= 11 is 0. The van der Waals surface area contributed by atoms with Gasteiger partial charge in [-0.15, -0.1) is 0 Å². The lowest BCUT2D eigenvalue weighted by Gasteiger charge is -2.33. The van der Waals surface area contributed by atoms with E-state index in [2.05, 4.69) is 4.98 Å². The fourth-order valence-corrected chi connectivity index (χ4v) is 4.02. The Morgan fingerprint density at radius 1 is 1.10 bits per heavy atom. The van der Waals surface area contributed by atoms with Crippen LogP contribution in [-0.4, -0.2) is 22.3 Å². The van der Waals surface area contributed by atoms with Gasteiger partial charge in [0.05, 0.1) is 6.20 Å². The van der Waals surface area contributed by atoms with Crippen LogP contribution in [0.3, 0.4) is 0 Å². The average Bonchev–Trinajstić information content (AvgIpc) is 3.42. The zero-order valence-electron chi connectivity index (χ0n) is 16.4. The number of piperidine rings is 1. The molecule has 0 spiro atoms. The maximum atomic E-state index is 13.2. The molecule has 2 aromatic carbocycles. The molecule has 30 heavy (non-hydrogen) atoms. The average molecular weight is 404 g/mol. The Kier molecular flexibility index (Phi) is 4.83. The van der Waals surface area contributed by atoms with E-state index in [1.54, 1.807) is 29.3 Å². The van der Waals surface area contributed by atoms with Gasteiger partial charge in [0.15, 0.2) is 5.76 Å². The van der Waals surface area contributed by atoms with Crippen LogP contribution in [-0.2, 0) is 6.42 Å². The fourth-order valence-electron chi connectivity index (χ4n) is 4.02. The van der Waals surface area contributed by atoms with E-state index < -0.39 is 0 Å². The lowest BCUT2D eigenvalue weighted by atomic mass is 10.0. The van der Waals surface area contributed by atoms with Crippen molar-refractivity contribution < 1.29 is 18.0 Å². The van der Waals surface area contributed by atoms with Crippen molar-refractivity contribution in [3.63, 3.8) is 0 Å². The van der Waals surface area contributed by atoms with Crippen molar-refractivity contribution in [3.8, 4) is 0 Å². The molecule has 1 amide bonds. The highest BCUT2D eigenvalue weighted by Crippen LogP contribution is 2.33. The molecule has 0 N–H and O–H groups in total. The number of nitrogens with zero attached hydrogens (tertiary/aromatic N) is 2. The Balaban J connectivity index is 1.38. The zero-order valence-corrected chi connectivity index (χ0v) is 16.4. The van der Waals surface area contributed by atoms with Crippen LogP contribution >= 0.6 is 0 Å². The largest absolute Gasteiger partial charge is 0.451 e. The molecule has 1 aliphatic rings. The van der Waals surface area contributed by atoms with E-state index in [4.69, 9.17) is 8.83 Å². The second-order valence-corrected chi connectivity index (χ2v) is 7.63. The summed E-state index contributed by atoms with van der Waals surface area (Å²) in [5.41, 5.74) is 1.64. The Hall–Kier alpha value is -3.41. The summed E-state index contributed by atoms with van der Waals surface area (Å²) in [6, 6.07) is 15.5. The van der Waals surface area contributed by atoms with Crippen LogP contribution in [0.2, 0.25) is 0 Å². The normalized spacial score (nSPS) is 16.8. The number of oxazole rings is 1. The monoisotopic (exact) mass is 404 g/mol. The van der Waals surface area contributed by atoms with Gasteiger partial charge in [-0.1, -0.05) is 30.3 Å². The minimum absolute atomic E-state index is 0.144. The quantitative estimate of drug-likeness (QED) is 0.449. The number of halogens is 1. The molecule has 0 bridgehead atoms. The molecule has 1 saturated heterocycles. The number of carbonyl (C=O) groups excluding carboxylic acids is 1. The summed E-state index contributed by atoms with van der Waals surface area (Å²) in [7, 11) is 0. The topological polar surface area (TPSA) is 59.5 Å². The van der Waals surface area contributed by atoms with Crippen LogP contribution in [0.5, 0.6) is 0 Å². The number of carbonyl (C=O) groups is 1. The van der Waals surface area contributed by atoms with Crippen LogP contribution in [0.25, 0.3) is 11.0 Å². The van der Waals surface area contributed by atoms with Gasteiger partial charge in [-0.05, 0) is 49.1 Å². The molecule has 1 atom stereocenters. The number of likely N-dealkylation sites (tertiary alicyclic amines) is 1. The third-order valence-corrected chi connectivity index (χ3v) is 5.55. The van der Waals surface area contributed by atoms with Crippen LogP contribution in [0, 0.1) is 5.82 Å². The molecule has 5 nitrogen and oxygen atoms in total. The minimum atomic E-state index is -0.265. The van der Waals surface area contributed by atoms with E-state index in [0.29, 0.717) is 36.0 Å². The van der Waals surface area contributed by atoms with Gasteiger partial charge in [0.1, 0.15) is 23.2 Å². The Bertz CT molecular complexity index is 1150. The van der Waals surface area contributed by atoms with Gasteiger partial charge in [0.25, 0.3) is 5.91 Å². The highest BCUT2D eigenvalue weighted by Gasteiger charge is 2.33. The van der Waals surface area contributed by atoms with E-state index >= 15 is 0 Å². The van der Waals surface area contributed by atoms with Gasteiger partial charge in [-0.25, -0.2) is 9.37 Å². The van der Waals surface area contributed by atoms with E-state index in [1.807, 2.05) is 24.3 Å². The molecule has 0 aliphatic carbocycles. The number of hydrogen-bond acceptors (Lipinski definition) is 4. The number of rotatable bonds is 4. The van der Waals surface area contributed by atoms with Crippen LogP contribution < -0.4 is 0 Å². The van der Waals surface area contributed by atoms with E-state index in [9.17, 15) is 9.18 Å². The van der Waals surface area contributed by atoms with Gasteiger partial charge in [-0.2, -0.15) is 0 Å². The van der Waals surface area contributed by atoms with Crippen LogP contribution in [0.4, 0.5) is 4.39 Å². The molecular formula is C24H21FN2O3. The molecule has 152 valence electrons. The zero-order chi connectivity index (χ0) is 20.5. The number of aromatic nitrogens is 1. The van der Waals surface area contributed by atoms with E-state index in [0.717, 1.165) is 30.2 Å². The van der Waals surface area contributed by atoms with E-state index in [-0.39, 0.29) is 17.8 Å². The molecular weight excluding hydrogens is 383 g/mol. The van der Waals surface area contributed by atoms with Crippen molar-refractivity contribution in [3.05, 3.63) is 89.6 Å². The smallest absolute Gasteiger partial charge is 0.290 e. The van der Waals surface area contributed by atoms with E-state index in [1.165, 1.54) is 12.1 Å². The second kappa shape index (κ2) is 7.78. The van der Waals surface area contributed by atoms with Gasteiger partial charge in [0, 0.05) is 18.4 Å². The maximum absolute atomic E-state index is 13.2. The van der Waals surface area contributed by atoms with Crippen LogP contribution in [0.15, 0.2) is 69.6 Å². The van der Waals surface area contributed by atoms with Crippen molar-refractivity contribution in [2.24, 2.45) is 0 Å². The Morgan fingerprint density at radius 3 is 2.77 bits per heavy atom. The fraction of sp³-hybridized carbons (Fsp3) is 0.250. The highest BCUT2D eigenvalue weighted by atomic mass is 19.1. The summed E-state index contributed by atoms with van der Waals surface area (Å²) < 4.78 is 24.9. The van der Waals surface area contributed by atoms with Gasteiger partial charge < -0.3 is 13.7 Å². The minimum Gasteiger partial charge on any atom is -0.451 e. The molecule has 0 unspecified atom stereocenters. The number of hydrogen-bond donors (Lipinski definition) is 0. The van der Waals surface area contributed by atoms with Gasteiger partial charge in [-0.3, -0.25) is 4.79 Å². The highest BCUT2D eigenvalue weighted by molar-refractivity contribution is 5.96. The predicted octanol–water partition coefficient (Wildman–Crippen LogP) is 5.52. The lowest BCUT2D eigenvalue weighted by molar-refractivity contribution is 0.0540. The molecule has 6 heteroatoms. The molecule has 1 aliphatic heterocycles. The van der Waals surface area contributed by atoms with Crippen LogP contribution in [0.1, 0.15) is 53.1 Å².